The van der Waals surface area contributed by atoms with Crippen LogP contribution in [0.1, 0.15) is 0 Å². The van der Waals surface area contributed by atoms with Gasteiger partial charge < -0.3 is 30.0 Å². The number of nitrogen functional groups attached to an aromatic ring is 1. The summed E-state index contributed by atoms with van der Waals surface area (Å²) in [5.41, 5.74) is 8.59. The number of imidazole rings is 1. The van der Waals surface area contributed by atoms with Gasteiger partial charge in [0.2, 0.25) is 6.79 Å². The van der Waals surface area contributed by atoms with E-state index in [4.69, 9.17) is 19.9 Å². The maximum absolute atomic E-state index is 9.93. The van der Waals surface area contributed by atoms with E-state index < -0.39 is 0 Å². The smallest absolute Gasteiger partial charge is 0.231 e. The number of anilines is 1. The molecule has 4 rings (SSSR count). The Hall–Kier alpha value is -3.09. The van der Waals surface area contributed by atoms with Crippen LogP contribution in [0.5, 0.6) is 23.0 Å². The van der Waals surface area contributed by atoms with Crippen LogP contribution >= 0.6 is 0 Å². The molecule has 0 radical (unpaired) electrons. The Bertz CT molecular complexity index is 847. The molecule has 22 heavy (non-hydrogen) atoms. The number of aromatic hydroxyl groups is 1. The van der Waals surface area contributed by atoms with Crippen molar-refractivity contribution in [2.75, 3.05) is 19.6 Å². The fraction of sp³-hybridized carbons (Fsp3) is 0.133. The van der Waals surface area contributed by atoms with Gasteiger partial charge in [0, 0.05) is 29.4 Å². The Kier molecular flexibility index (Phi) is 2.56. The number of methoxy groups -OCH3 is 1. The zero-order valence-corrected chi connectivity index (χ0v) is 11.7. The molecule has 4 N–H and O–H groups in total. The molecule has 0 unspecified atom stereocenters. The summed E-state index contributed by atoms with van der Waals surface area (Å²) in [6.45, 7) is 0.216. The monoisotopic (exact) mass is 299 g/mol. The number of nitrogens with one attached hydrogen (secondary N) is 1. The van der Waals surface area contributed by atoms with Gasteiger partial charge in [-0.1, -0.05) is 0 Å². The zero-order chi connectivity index (χ0) is 15.3. The fourth-order valence-electron chi connectivity index (χ4n) is 2.48. The number of phenols is 1. The summed E-state index contributed by atoms with van der Waals surface area (Å²) in [7, 11) is 1.47. The Labute approximate surface area is 125 Å². The number of ether oxygens (including phenoxy) is 3. The van der Waals surface area contributed by atoms with Crippen molar-refractivity contribution >= 4 is 16.7 Å². The van der Waals surface area contributed by atoms with Crippen LogP contribution < -0.4 is 19.9 Å². The Morgan fingerprint density at radius 2 is 2.00 bits per heavy atom. The number of hydrogen-bond acceptors (Lipinski definition) is 6. The van der Waals surface area contributed by atoms with E-state index in [-0.39, 0.29) is 12.5 Å². The van der Waals surface area contributed by atoms with E-state index in [9.17, 15) is 5.11 Å². The largest absolute Gasteiger partial charge is 0.504 e. The standard InChI is InChI=1S/C15H13N3O4/c1-20-12-3-8(16)7(2-11(12)19)15-17-9-4-13-14(22-6-21-13)5-10(9)18-15/h2-5,19H,6,16H2,1H3,(H,17,18). The number of aromatic amines is 1. The van der Waals surface area contributed by atoms with Crippen LogP contribution in [0.4, 0.5) is 5.69 Å². The van der Waals surface area contributed by atoms with Crippen molar-refractivity contribution in [2.24, 2.45) is 0 Å². The van der Waals surface area contributed by atoms with Crippen LogP contribution in [-0.2, 0) is 0 Å². The SMILES string of the molecule is COc1cc(N)c(-c2nc3cc4c(cc3[nH]2)OCO4)cc1O. The summed E-state index contributed by atoms with van der Waals surface area (Å²) < 4.78 is 15.7. The van der Waals surface area contributed by atoms with Crippen molar-refractivity contribution in [3.63, 3.8) is 0 Å². The molecule has 2 heterocycles. The van der Waals surface area contributed by atoms with E-state index in [1.165, 1.54) is 13.2 Å². The van der Waals surface area contributed by atoms with E-state index in [0.29, 0.717) is 34.3 Å². The number of H-pyrrole nitrogens is 1. The molecule has 112 valence electrons. The predicted octanol–water partition coefficient (Wildman–Crippen LogP) is 2.26. The number of nitrogens with zero attached hydrogens (tertiary/aromatic N) is 1. The average Bonchev–Trinajstić information content (AvgIpc) is 3.11. The van der Waals surface area contributed by atoms with Crippen LogP contribution in [0.15, 0.2) is 24.3 Å². The lowest BCUT2D eigenvalue weighted by molar-refractivity contribution is 0.174. The van der Waals surface area contributed by atoms with Crippen molar-refractivity contribution in [1.29, 1.82) is 0 Å². The number of benzene rings is 2. The lowest BCUT2D eigenvalue weighted by Crippen LogP contribution is -1.94. The molecule has 0 atom stereocenters. The maximum atomic E-state index is 9.93. The van der Waals surface area contributed by atoms with Crippen LogP contribution in [0.2, 0.25) is 0 Å². The quantitative estimate of drug-likeness (QED) is 0.495. The first kappa shape index (κ1) is 12.6. The van der Waals surface area contributed by atoms with Gasteiger partial charge in [0.1, 0.15) is 5.82 Å². The van der Waals surface area contributed by atoms with Crippen LogP contribution in [-0.4, -0.2) is 29.0 Å². The van der Waals surface area contributed by atoms with Crippen molar-refractivity contribution in [3.8, 4) is 34.4 Å². The van der Waals surface area contributed by atoms with E-state index in [1.54, 1.807) is 12.1 Å². The zero-order valence-electron chi connectivity index (χ0n) is 11.7. The summed E-state index contributed by atoms with van der Waals surface area (Å²) >= 11 is 0. The van der Waals surface area contributed by atoms with Crippen LogP contribution in [0.3, 0.4) is 0 Å². The van der Waals surface area contributed by atoms with Crippen molar-refractivity contribution in [2.45, 2.75) is 0 Å². The van der Waals surface area contributed by atoms with Gasteiger partial charge in [0.15, 0.2) is 23.0 Å². The Balaban J connectivity index is 1.86. The molecule has 1 aromatic heterocycles. The molecule has 0 saturated carbocycles. The van der Waals surface area contributed by atoms with Gasteiger partial charge in [-0.3, -0.25) is 0 Å². The number of aromatic nitrogens is 2. The molecule has 1 aliphatic rings. The molecule has 0 amide bonds. The molecule has 0 aliphatic carbocycles. The summed E-state index contributed by atoms with van der Waals surface area (Å²) in [6, 6.07) is 6.71. The number of rotatable bonds is 2. The van der Waals surface area contributed by atoms with Gasteiger partial charge in [-0.05, 0) is 6.07 Å². The molecule has 7 nitrogen and oxygen atoms in total. The molecule has 2 aromatic carbocycles. The van der Waals surface area contributed by atoms with Gasteiger partial charge in [0.25, 0.3) is 0 Å². The number of hydrogen-bond donors (Lipinski definition) is 3. The summed E-state index contributed by atoms with van der Waals surface area (Å²) in [5, 5.41) is 9.93. The Morgan fingerprint density at radius 3 is 2.77 bits per heavy atom. The normalized spacial score (nSPS) is 12.8. The highest BCUT2D eigenvalue weighted by Gasteiger charge is 2.18. The van der Waals surface area contributed by atoms with Crippen LogP contribution in [0.25, 0.3) is 22.4 Å². The third kappa shape index (κ3) is 1.79. The lowest BCUT2D eigenvalue weighted by Gasteiger charge is -2.08. The number of fused-ring (bicyclic) bond motifs is 2. The lowest BCUT2D eigenvalue weighted by atomic mass is 10.1. The van der Waals surface area contributed by atoms with Crippen LogP contribution in [0, 0.1) is 0 Å². The number of phenolic OH excluding ortho intramolecular Hbond substituents is 1. The van der Waals surface area contributed by atoms with Crippen molar-refractivity contribution in [1.82, 2.24) is 9.97 Å². The van der Waals surface area contributed by atoms with Gasteiger partial charge >= 0.3 is 0 Å². The Morgan fingerprint density at radius 1 is 1.23 bits per heavy atom. The summed E-state index contributed by atoms with van der Waals surface area (Å²) in [5.74, 6) is 2.21. The second kappa shape index (κ2) is 4.45. The van der Waals surface area contributed by atoms with Gasteiger partial charge in [-0.2, -0.15) is 0 Å². The third-order valence-electron chi connectivity index (χ3n) is 3.58. The van der Waals surface area contributed by atoms with E-state index in [2.05, 4.69) is 9.97 Å². The van der Waals surface area contributed by atoms with Crippen molar-refractivity contribution in [3.05, 3.63) is 24.3 Å². The van der Waals surface area contributed by atoms with E-state index in [0.717, 1.165) is 11.0 Å². The molecular weight excluding hydrogens is 286 g/mol. The summed E-state index contributed by atoms with van der Waals surface area (Å²) in [4.78, 5) is 7.66. The highest BCUT2D eigenvalue weighted by molar-refractivity contribution is 5.86. The maximum Gasteiger partial charge on any atom is 0.231 e. The van der Waals surface area contributed by atoms with E-state index >= 15 is 0 Å². The first-order valence-corrected chi connectivity index (χ1v) is 6.62. The fourth-order valence-corrected chi connectivity index (χ4v) is 2.48. The van der Waals surface area contributed by atoms with Gasteiger partial charge in [-0.25, -0.2) is 4.98 Å². The molecule has 1 aliphatic heterocycles. The molecule has 3 aromatic rings. The molecule has 0 bridgehead atoms. The topological polar surface area (TPSA) is 103 Å². The predicted molar refractivity (Wildman–Crippen MR) is 80.3 cm³/mol. The first-order valence-electron chi connectivity index (χ1n) is 6.62. The highest BCUT2D eigenvalue weighted by atomic mass is 16.7. The molecule has 0 spiro atoms. The minimum absolute atomic E-state index is 0.00122. The molecular formula is C15H13N3O4. The first-order chi connectivity index (χ1) is 10.7. The highest BCUT2D eigenvalue weighted by Crippen LogP contribution is 2.39. The third-order valence-corrected chi connectivity index (χ3v) is 3.58. The second-order valence-corrected chi connectivity index (χ2v) is 4.92. The van der Waals surface area contributed by atoms with Gasteiger partial charge in [-0.15, -0.1) is 0 Å². The second-order valence-electron chi connectivity index (χ2n) is 4.92. The van der Waals surface area contributed by atoms with Gasteiger partial charge in [0.05, 0.1) is 18.1 Å². The van der Waals surface area contributed by atoms with E-state index in [1.807, 2.05) is 6.07 Å². The molecule has 0 fully saturated rings. The minimum Gasteiger partial charge on any atom is -0.504 e. The molecule has 7 heteroatoms. The minimum atomic E-state index is 0.00122. The summed E-state index contributed by atoms with van der Waals surface area (Å²) in [6.07, 6.45) is 0. The average molecular weight is 299 g/mol. The number of nitrogens with two attached hydrogens (primary N) is 1. The molecule has 0 saturated heterocycles. The van der Waals surface area contributed by atoms with Crippen molar-refractivity contribution < 1.29 is 19.3 Å².